The first-order chi connectivity index (χ1) is 22.8. The molecule has 7 rings (SSSR count). The predicted octanol–water partition coefficient (Wildman–Crippen LogP) is 6.81. The molecule has 3 aromatic heterocycles. The number of ether oxygens (including phenoxy) is 1. The number of nitrogens with zero attached hydrogens (tertiary/aromatic N) is 4. The summed E-state index contributed by atoms with van der Waals surface area (Å²) in [6, 6.07) is 20.4. The second kappa shape index (κ2) is 12.6. The second-order valence-electron chi connectivity index (χ2n) is 11.6. The number of aromatic nitrogens is 2. The first kappa shape index (κ1) is 31.1. The topological polar surface area (TPSA) is 89.4 Å². The quantitative estimate of drug-likeness (QED) is 0.185. The van der Waals surface area contributed by atoms with E-state index in [9.17, 15) is 14.9 Å². The summed E-state index contributed by atoms with van der Waals surface area (Å²) in [7, 11) is 0. The zero-order valence-electron chi connectivity index (χ0n) is 26.2. The Morgan fingerprint density at radius 2 is 1.85 bits per heavy atom. The van der Waals surface area contributed by atoms with Crippen molar-refractivity contribution in [2.75, 3.05) is 6.61 Å². The summed E-state index contributed by atoms with van der Waals surface area (Å²) in [6.07, 6.45) is 6.10. The first-order valence-corrected chi connectivity index (χ1v) is 17.6. The number of thiophene rings is 1. The van der Waals surface area contributed by atoms with E-state index >= 15 is 0 Å². The van der Waals surface area contributed by atoms with Crippen LogP contribution in [0.4, 0.5) is 0 Å². The molecule has 10 heteroatoms. The van der Waals surface area contributed by atoms with Crippen LogP contribution in [0.15, 0.2) is 76.0 Å². The molecule has 7 nitrogen and oxygen atoms in total. The Bertz CT molecular complexity index is 2300. The van der Waals surface area contributed by atoms with E-state index in [1.807, 2.05) is 62.4 Å². The van der Waals surface area contributed by atoms with Crippen molar-refractivity contribution in [3.63, 3.8) is 0 Å². The molecular formula is C37H31ClN4O3S2. The Morgan fingerprint density at radius 1 is 1.11 bits per heavy atom. The lowest BCUT2D eigenvalue weighted by Crippen LogP contribution is -2.40. The second-order valence-corrected chi connectivity index (χ2v) is 14.2. The lowest BCUT2D eigenvalue weighted by Gasteiger charge is -2.25. The summed E-state index contributed by atoms with van der Waals surface area (Å²) in [4.78, 5) is 34.8. The molecule has 1 aliphatic carbocycles. The highest BCUT2D eigenvalue weighted by Gasteiger charge is 2.35. The van der Waals surface area contributed by atoms with Crippen molar-refractivity contribution in [1.82, 2.24) is 9.13 Å². The zero-order valence-corrected chi connectivity index (χ0v) is 28.6. The predicted molar refractivity (Wildman–Crippen MR) is 187 cm³/mol. The van der Waals surface area contributed by atoms with Crippen LogP contribution in [0.1, 0.15) is 69.9 Å². The Kier molecular flexibility index (Phi) is 8.35. The molecular weight excluding hydrogens is 648 g/mol. The van der Waals surface area contributed by atoms with Gasteiger partial charge in [-0.3, -0.25) is 9.36 Å². The van der Waals surface area contributed by atoms with E-state index in [0.717, 1.165) is 64.3 Å². The van der Waals surface area contributed by atoms with Crippen molar-refractivity contribution in [1.29, 1.82) is 5.26 Å². The molecule has 0 amide bonds. The summed E-state index contributed by atoms with van der Waals surface area (Å²) in [5, 5.41) is 11.6. The minimum atomic E-state index is -0.775. The lowest BCUT2D eigenvalue weighted by molar-refractivity contribution is -0.138. The van der Waals surface area contributed by atoms with Crippen molar-refractivity contribution in [2.45, 2.75) is 52.5 Å². The minimum Gasteiger partial charge on any atom is -0.463 e. The average molecular weight is 679 g/mol. The number of hydrogen-bond donors (Lipinski definition) is 0. The van der Waals surface area contributed by atoms with E-state index in [4.69, 9.17) is 21.3 Å². The van der Waals surface area contributed by atoms with Crippen LogP contribution in [0.5, 0.6) is 0 Å². The van der Waals surface area contributed by atoms with Crippen molar-refractivity contribution in [3.05, 3.63) is 135 Å². The van der Waals surface area contributed by atoms with Crippen LogP contribution in [0.3, 0.4) is 0 Å². The van der Waals surface area contributed by atoms with Crippen LogP contribution >= 0.6 is 34.3 Å². The molecule has 0 N–H and O–H groups in total. The number of aryl methyl sites for hydroxylation is 2. The molecule has 5 aromatic rings. The normalized spacial score (nSPS) is 16.0. The maximum absolute atomic E-state index is 14.4. The van der Waals surface area contributed by atoms with E-state index in [1.165, 1.54) is 21.8 Å². The number of esters is 1. The smallest absolute Gasteiger partial charge is 0.338 e. The van der Waals surface area contributed by atoms with Gasteiger partial charge in [-0.25, -0.2) is 9.79 Å². The monoisotopic (exact) mass is 678 g/mol. The Labute approximate surface area is 285 Å². The highest BCUT2D eigenvalue weighted by atomic mass is 35.5. The van der Waals surface area contributed by atoms with Gasteiger partial charge in [0.05, 0.1) is 34.0 Å². The number of nitriles is 1. The molecule has 2 aromatic carbocycles. The number of carbonyl (C=O) groups excluding carboxylic acids is 1. The summed E-state index contributed by atoms with van der Waals surface area (Å²) in [5.74, 6) is -0.528. The van der Waals surface area contributed by atoms with Crippen molar-refractivity contribution >= 4 is 52.0 Å². The van der Waals surface area contributed by atoms with E-state index < -0.39 is 12.0 Å². The summed E-state index contributed by atoms with van der Waals surface area (Å²) in [6.45, 7) is 6.00. The van der Waals surface area contributed by atoms with Gasteiger partial charge in [0, 0.05) is 26.9 Å². The van der Waals surface area contributed by atoms with Gasteiger partial charge < -0.3 is 9.30 Å². The van der Waals surface area contributed by atoms with Crippen molar-refractivity contribution in [2.24, 2.45) is 4.99 Å². The minimum absolute atomic E-state index is 0.179. The molecule has 0 fully saturated rings. The van der Waals surface area contributed by atoms with Gasteiger partial charge in [-0.15, -0.1) is 11.3 Å². The highest BCUT2D eigenvalue weighted by Crippen LogP contribution is 2.39. The number of hydrogen-bond acceptors (Lipinski definition) is 7. The van der Waals surface area contributed by atoms with Crippen LogP contribution in [-0.2, 0) is 22.4 Å². The Morgan fingerprint density at radius 3 is 2.57 bits per heavy atom. The van der Waals surface area contributed by atoms with Gasteiger partial charge in [0.2, 0.25) is 0 Å². The summed E-state index contributed by atoms with van der Waals surface area (Å²) in [5.41, 5.74) is 6.77. The molecule has 0 spiro atoms. The molecule has 1 atom stereocenters. The molecule has 236 valence electrons. The van der Waals surface area contributed by atoms with E-state index in [-0.39, 0.29) is 12.2 Å². The Balaban J connectivity index is 1.44. The molecule has 4 heterocycles. The lowest BCUT2D eigenvalue weighted by atomic mass is 9.93. The van der Waals surface area contributed by atoms with Crippen molar-refractivity contribution < 1.29 is 9.53 Å². The number of halogens is 1. The molecule has 0 unspecified atom stereocenters. The van der Waals surface area contributed by atoms with Crippen LogP contribution < -0.4 is 14.9 Å². The average Bonchev–Trinajstić information content (AvgIpc) is 3.70. The molecule has 1 aliphatic heterocycles. The zero-order chi connectivity index (χ0) is 32.8. The maximum Gasteiger partial charge on any atom is 0.338 e. The van der Waals surface area contributed by atoms with Gasteiger partial charge in [-0.1, -0.05) is 65.4 Å². The molecule has 47 heavy (non-hydrogen) atoms. The van der Waals surface area contributed by atoms with Gasteiger partial charge in [0.15, 0.2) is 4.80 Å². The molecule has 0 bridgehead atoms. The van der Waals surface area contributed by atoms with Gasteiger partial charge >= 0.3 is 5.97 Å². The third-order valence-electron chi connectivity index (χ3n) is 8.78. The van der Waals surface area contributed by atoms with Crippen LogP contribution in [0.2, 0.25) is 5.02 Å². The number of rotatable bonds is 6. The molecule has 0 radical (unpaired) electrons. The molecule has 0 saturated heterocycles. The van der Waals surface area contributed by atoms with Crippen LogP contribution in [0, 0.1) is 25.2 Å². The maximum atomic E-state index is 14.4. The van der Waals surface area contributed by atoms with Gasteiger partial charge in [-0.2, -0.15) is 5.26 Å². The van der Waals surface area contributed by atoms with Crippen LogP contribution in [-0.4, -0.2) is 21.7 Å². The molecule has 0 saturated carbocycles. The Hall–Kier alpha value is -4.49. The SMILES string of the molecule is CCOC(=O)C1=C(c2ccccc2)N=c2s/c(=C/c3cc(C)n(-c4sc5c(c4C#N)CCCC5)c3C)c(=O)n2[C@@H]1c1ccc(Cl)cc1. The molecule has 2 aliphatic rings. The fourth-order valence-corrected chi connectivity index (χ4v) is 9.18. The van der Waals surface area contributed by atoms with E-state index in [0.29, 0.717) is 25.6 Å². The number of carbonyl (C=O) groups is 1. The fraction of sp³-hybridized carbons (Fsp3) is 0.243. The van der Waals surface area contributed by atoms with Gasteiger partial charge in [0.25, 0.3) is 5.56 Å². The summed E-state index contributed by atoms with van der Waals surface area (Å²) >= 11 is 9.26. The third-order valence-corrected chi connectivity index (χ3v) is 11.3. The van der Waals surface area contributed by atoms with Gasteiger partial charge in [0.1, 0.15) is 11.1 Å². The van der Waals surface area contributed by atoms with Gasteiger partial charge in [-0.05, 0) is 87.4 Å². The summed E-state index contributed by atoms with van der Waals surface area (Å²) < 4.78 is 9.80. The standard InChI is InChI=1S/C37H31ClN4O3S2/c1-4-45-36(44)31-32(23-10-6-5-7-11-23)40-37-42(33(31)24-14-16-26(38)17-15-24)34(43)30(47-37)19-25-18-21(2)41(22(25)3)35-28(20-39)27-12-8-9-13-29(27)46-35/h5-7,10-11,14-19,33H,4,8-9,12-13H2,1-3H3/b30-19+/t33-/m1/s1. The first-order valence-electron chi connectivity index (χ1n) is 15.6. The number of thiazole rings is 1. The number of benzene rings is 2. The van der Waals surface area contributed by atoms with Crippen molar-refractivity contribution in [3.8, 4) is 11.1 Å². The number of fused-ring (bicyclic) bond motifs is 2. The van der Waals surface area contributed by atoms with E-state index in [2.05, 4.69) is 16.7 Å². The third kappa shape index (κ3) is 5.40. The van der Waals surface area contributed by atoms with Crippen LogP contribution in [0.25, 0.3) is 16.8 Å². The largest absolute Gasteiger partial charge is 0.463 e. The van der Waals surface area contributed by atoms with E-state index in [1.54, 1.807) is 35.0 Å². The fourth-order valence-electron chi connectivity index (χ4n) is 6.61. The highest BCUT2D eigenvalue weighted by molar-refractivity contribution is 7.15.